The van der Waals surface area contributed by atoms with Crippen LogP contribution in [0.5, 0.6) is 0 Å². The maximum atomic E-state index is 12.5. The molecule has 0 radical (unpaired) electrons. The molecule has 2 N–H and O–H groups in total. The van der Waals surface area contributed by atoms with Crippen molar-refractivity contribution in [1.29, 1.82) is 0 Å². The van der Waals surface area contributed by atoms with Gasteiger partial charge in [-0.2, -0.15) is 0 Å². The van der Waals surface area contributed by atoms with Gasteiger partial charge < -0.3 is 15.5 Å². The Morgan fingerprint density at radius 3 is 2.57 bits per heavy atom. The van der Waals surface area contributed by atoms with E-state index in [2.05, 4.69) is 17.6 Å². The molecule has 1 atom stereocenters. The minimum atomic E-state index is -0.344. The van der Waals surface area contributed by atoms with Crippen molar-refractivity contribution < 1.29 is 14.4 Å². The van der Waals surface area contributed by atoms with E-state index in [-0.39, 0.29) is 30.1 Å². The molecule has 158 valence electrons. The van der Waals surface area contributed by atoms with Gasteiger partial charge in [0.05, 0.1) is 5.92 Å². The molecule has 2 aromatic carbocycles. The summed E-state index contributed by atoms with van der Waals surface area (Å²) >= 11 is 6.00. The van der Waals surface area contributed by atoms with E-state index in [1.807, 2.05) is 13.0 Å². The molecule has 0 aromatic heterocycles. The van der Waals surface area contributed by atoms with Gasteiger partial charge in [0.15, 0.2) is 0 Å². The summed E-state index contributed by atoms with van der Waals surface area (Å²) in [5, 5.41) is 6.24. The minimum Gasteiger partial charge on any atom is -0.342 e. The van der Waals surface area contributed by atoms with E-state index in [0.717, 1.165) is 18.4 Å². The van der Waals surface area contributed by atoms with Gasteiger partial charge in [0.1, 0.15) is 0 Å². The van der Waals surface area contributed by atoms with Gasteiger partial charge in [-0.1, -0.05) is 31.0 Å². The maximum Gasteiger partial charge on any atom is 0.255 e. The molecular weight excluding hydrogens is 402 g/mol. The molecule has 1 unspecified atom stereocenters. The van der Waals surface area contributed by atoms with Crippen molar-refractivity contribution in [3.8, 4) is 0 Å². The Hall–Kier alpha value is -2.86. The number of hydrogen-bond acceptors (Lipinski definition) is 3. The Labute approximate surface area is 181 Å². The van der Waals surface area contributed by atoms with Gasteiger partial charge in [-0.25, -0.2) is 0 Å². The van der Waals surface area contributed by atoms with E-state index in [9.17, 15) is 14.4 Å². The molecule has 0 aliphatic carbocycles. The number of halogens is 1. The van der Waals surface area contributed by atoms with Crippen LogP contribution in [0.3, 0.4) is 0 Å². The fourth-order valence-electron chi connectivity index (χ4n) is 3.39. The fourth-order valence-corrected chi connectivity index (χ4v) is 3.56. The number of carbonyl (C=O) groups excluding carboxylic acids is 3. The Kier molecular flexibility index (Phi) is 7.11. The quantitative estimate of drug-likeness (QED) is 0.683. The SMILES string of the molecule is CCCCN1CC(C(=O)Nc2ccc(C(=O)Nc3cc(Cl)ccc3C)cc2)CC1=O. The number of hydrogen-bond donors (Lipinski definition) is 2. The second-order valence-corrected chi connectivity index (χ2v) is 8.01. The highest BCUT2D eigenvalue weighted by molar-refractivity contribution is 6.31. The maximum absolute atomic E-state index is 12.5. The minimum absolute atomic E-state index is 0.0342. The van der Waals surface area contributed by atoms with Crippen molar-refractivity contribution in [2.75, 3.05) is 23.7 Å². The predicted molar refractivity (Wildman–Crippen MR) is 119 cm³/mol. The van der Waals surface area contributed by atoms with Crippen LogP contribution in [0, 0.1) is 12.8 Å². The number of nitrogens with one attached hydrogen (secondary N) is 2. The summed E-state index contributed by atoms with van der Waals surface area (Å²) < 4.78 is 0. The Morgan fingerprint density at radius 1 is 1.13 bits per heavy atom. The topological polar surface area (TPSA) is 78.5 Å². The average Bonchev–Trinajstić information content (AvgIpc) is 3.10. The van der Waals surface area contributed by atoms with Crippen LogP contribution in [-0.4, -0.2) is 35.7 Å². The molecule has 0 saturated carbocycles. The zero-order chi connectivity index (χ0) is 21.7. The summed E-state index contributed by atoms with van der Waals surface area (Å²) in [7, 11) is 0. The van der Waals surface area contributed by atoms with Crippen molar-refractivity contribution in [1.82, 2.24) is 4.90 Å². The third-order valence-corrected chi connectivity index (χ3v) is 5.46. The zero-order valence-electron chi connectivity index (χ0n) is 17.2. The van der Waals surface area contributed by atoms with Gasteiger partial charge in [0, 0.05) is 41.5 Å². The van der Waals surface area contributed by atoms with E-state index in [1.54, 1.807) is 41.3 Å². The van der Waals surface area contributed by atoms with Gasteiger partial charge in [-0.3, -0.25) is 14.4 Å². The first-order valence-electron chi connectivity index (χ1n) is 10.1. The lowest BCUT2D eigenvalue weighted by Gasteiger charge is -2.16. The molecule has 0 spiro atoms. The summed E-state index contributed by atoms with van der Waals surface area (Å²) in [5.41, 5.74) is 2.63. The van der Waals surface area contributed by atoms with Crippen LogP contribution < -0.4 is 10.6 Å². The molecule has 1 heterocycles. The van der Waals surface area contributed by atoms with Crippen LogP contribution in [-0.2, 0) is 9.59 Å². The molecule has 0 bridgehead atoms. The van der Waals surface area contributed by atoms with Crippen molar-refractivity contribution in [3.05, 3.63) is 58.6 Å². The summed E-state index contributed by atoms with van der Waals surface area (Å²) in [4.78, 5) is 38.8. The largest absolute Gasteiger partial charge is 0.342 e. The summed E-state index contributed by atoms with van der Waals surface area (Å²) in [6, 6.07) is 12.0. The van der Waals surface area contributed by atoms with Gasteiger partial charge in [-0.15, -0.1) is 0 Å². The van der Waals surface area contributed by atoms with Crippen molar-refractivity contribution in [3.63, 3.8) is 0 Å². The standard InChI is InChI=1S/C23H26ClN3O3/c1-3-4-11-27-14-17(12-21(27)28)23(30)25-19-9-6-16(7-10-19)22(29)26-20-13-18(24)8-5-15(20)2/h5-10,13,17H,3-4,11-12,14H2,1-2H3,(H,25,30)(H,26,29). The lowest BCUT2D eigenvalue weighted by atomic mass is 10.1. The monoisotopic (exact) mass is 427 g/mol. The summed E-state index contributed by atoms with van der Waals surface area (Å²) in [5.74, 6) is -0.740. The first-order valence-corrected chi connectivity index (χ1v) is 10.5. The zero-order valence-corrected chi connectivity index (χ0v) is 18.0. The highest BCUT2D eigenvalue weighted by Crippen LogP contribution is 2.22. The number of aryl methyl sites for hydroxylation is 1. The second kappa shape index (κ2) is 9.76. The average molecular weight is 428 g/mol. The van der Waals surface area contributed by atoms with E-state index < -0.39 is 0 Å². The Balaban J connectivity index is 1.58. The van der Waals surface area contributed by atoms with Crippen LogP contribution in [0.25, 0.3) is 0 Å². The van der Waals surface area contributed by atoms with Crippen LogP contribution in [0.1, 0.15) is 42.1 Å². The molecule has 3 rings (SSSR count). The number of anilines is 2. The summed E-state index contributed by atoms with van der Waals surface area (Å²) in [6.07, 6.45) is 2.20. The number of amides is 3. The van der Waals surface area contributed by atoms with Crippen molar-refractivity contribution >= 4 is 40.7 Å². The van der Waals surface area contributed by atoms with Gasteiger partial charge >= 0.3 is 0 Å². The first kappa shape index (κ1) is 21.8. The first-order chi connectivity index (χ1) is 14.4. The molecule has 1 fully saturated rings. The number of nitrogens with zero attached hydrogens (tertiary/aromatic N) is 1. The highest BCUT2D eigenvalue weighted by Gasteiger charge is 2.33. The fraction of sp³-hybridized carbons (Fsp3) is 0.348. The van der Waals surface area contributed by atoms with E-state index in [4.69, 9.17) is 11.6 Å². The molecule has 1 saturated heterocycles. The number of rotatable bonds is 7. The van der Waals surface area contributed by atoms with Crippen LogP contribution in [0.2, 0.25) is 5.02 Å². The molecule has 6 nitrogen and oxygen atoms in total. The molecule has 2 aromatic rings. The molecule has 1 aliphatic heterocycles. The molecule has 30 heavy (non-hydrogen) atoms. The molecular formula is C23H26ClN3O3. The van der Waals surface area contributed by atoms with Crippen molar-refractivity contribution in [2.45, 2.75) is 33.1 Å². The van der Waals surface area contributed by atoms with Crippen molar-refractivity contribution in [2.24, 2.45) is 5.92 Å². The highest BCUT2D eigenvalue weighted by atomic mass is 35.5. The molecule has 3 amide bonds. The molecule has 7 heteroatoms. The number of likely N-dealkylation sites (tertiary alicyclic amines) is 1. The number of benzene rings is 2. The van der Waals surface area contributed by atoms with E-state index in [0.29, 0.717) is 35.1 Å². The number of unbranched alkanes of at least 4 members (excludes halogenated alkanes) is 1. The van der Waals surface area contributed by atoms with Gasteiger partial charge in [0.2, 0.25) is 11.8 Å². The Morgan fingerprint density at radius 2 is 1.87 bits per heavy atom. The predicted octanol–water partition coefficient (Wildman–Crippen LogP) is 4.49. The van der Waals surface area contributed by atoms with Crippen LogP contribution >= 0.6 is 11.6 Å². The second-order valence-electron chi connectivity index (χ2n) is 7.57. The lowest BCUT2D eigenvalue weighted by Crippen LogP contribution is -2.29. The molecule has 1 aliphatic rings. The summed E-state index contributed by atoms with van der Waals surface area (Å²) in [6.45, 7) is 5.13. The number of carbonyl (C=O) groups is 3. The van der Waals surface area contributed by atoms with Gasteiger partial charge in [0.25, 0.3) is 5.91 Å². The van der Waals surface area contributed by atoms with E-state index >= 15 is 0 Å². The lowest BCUT2D eigenvalue weighted by molar-refractivity contribution is -0.128. The van der Waals surface area contributed by atoms with Crippen LogP contribution in [0.15, 0.2) is 42.5 Å². The third kappa shape index (κ3) is 5.39. The van der Waals surface area contributed by atoms with Crippen LogP contribution in [0.4, 0.5) is 11.4 Å². The van der Waals surface area contributed by atoms with Gasteiger partial charge in [-0.05, 0) is 55.3 Å². The Bertz CT molecular complexity index is 943. The third-order valence-electron chi connectivity index (χ3n) is 5.23. The smallest absolute Gasteiger partial charge is 0.255 e. The van der Waals surface area contributed by atoms with E-state index in [1.165, 1.54) is 0 Å². The normalized spacial score (nSPS) is 15.9.